The van der Waals surface area contributed by atoms with Gasteiger partial charge in [-0.15, -0.1) is 10.2 Å². The van der Waals surface area contributed by atoms with Crippen LogP contribution in [0.4, 0.5) is 5.69 Å². The molecule has 0 saturated carbocycles. The van der Waals surface area contributed by atoms with Crippen molar-refractivity contribution in [2.24, 2.45) is 5.10 Å². The van der Waals surface area contributed by atoms with Gasteiger partial charge in [0.2, 0.25) is 10.2 Å². The second-order valence-corrected chi connectivity index (χ2v) is 8.09. The van der Waals surface area contributed by atoms with Crippen LogP contribution in [0.1, 0.15) is 6.92 Å². The molecule has 0 aliphatic rings. The van der Waals surface area contributed by atoms with Crippen LogP contribution in [0.3, 0.4) is 0 Å². The van der Waals surface area contributed by atoms with Gasteiger partial charge < -0.3 is 4.74 Å². The summed E-state index contributed by atoms with van der Waals surface area (Å²) in [6.07, 6.45) is 0. The lowest BCUT2D eigenvalue weighted by molar-refractivity contribution is -0.134. The lowest BCUT2D eigenvalue weighted by Gasteiger charge is -2.11. The number of carbonyl (C=O) groups is 1. The SMILES string of the molecule is CCOC(=O)C(=NNc1ccc(Cl)cc1)Sc1nnc(-c2ccccc2)n1-c1ccccc1. The normalized spacial score (nSPS) is 11.3. The van der Waals surface area contributed by atoms with Gasteiger partial charge in [0.25, 0.3) is 0 Å². The number of nitrogens with zero attached hydrogens (tertiary/aromatic N) is 4. The highest BCUT2D eigenvalue weighted by Gasteiger charge is 2.22. The van der Waals surface area contributed by atoms with E-state index in [2.05, 4.69) is 20.7 Å². The third-order valence-corrected chi connectivity index (χ3v) is 5.60. The number of hydrazone groups is 1. The average Bonchev–Trinajstić information content (AvgIpc) is 3.27. The topological polar surface area (TPSA) is 81.4 Å². The maximum absolute atomic E-state index is 12.7. The average molecular weight is 478 g/mol. The van der Waals surface area contributed by atoms with Crippen molar-refractivity contribution in [3.63, 3.8) is 0 Å². The molecule has 0 amide bonds. The first-order valence-electron chi connectivity index (χ1n) is 10.2. The summed E-state index contributed by atoms with van der Waals surface area (Å²) >= 11 is 7.01. The number of ether oxygens (including phenoxy) is 1. The molecule has 166 valence electrons. The van der Waals surface area contributed by atoms with Crippen LogP contribution in [0.25, 0.3) is 17.1 Å². The highest BCUT2D eigenvalue weighted by molar-refractivity contribution is 8.15. The van der Waals surface area contributed by atoms with Crippen molar-refractivity contribution in [1.82, 2.24) is 14.8 Å². The van der Waals surface area contributed by atoms with Gasteiger partial charge in [0.05, 0.1) is 12.3 Å². The number of carbonyl (C=O) groups excluding carboxylic acids is 1. The zero-order valence-corrected chi connectivity index (χ0v) is 19.3. The van der Waals surface area contributed by atoms with Crippen LogP contribution in [-0.2, 0) is 9.53 Å². The first kappa shape index (κ1) is 22.6. The fraction of sp³-hybridized carbons (Fsp3) is 0.0833. The van der Waals surface area contributed by atoms with Crippen LogP contribution in [0.2, 0.25) is 5.02 Å². The number of halogens is 1. The summed E-state index contributed by atoms with van der Waals surface area (Å²) in [5.74, 6) is 0.0889. The zero-order chi connectivity index (χ0) is 23.0. The molecule has 0 atom stereocenters. The van der Waals surface area contributed by atoms with E-state index >= 15 is 0 Å². The molecule has 0 radical (unpaired) electrons. The van der Waals surface area contributed by atoms with Gasteiger partial charge in [-0.25, -0.2) is 4.79 Å². The molecule has 0 aliphatic carbocycles. The summed E-state index contributed by atoms with van der Waals surface area (Å²) in [6, 6.07) is 26.4. The first-order chi connectivity index (χ1) is 16.2. The highest BCUT2D eigenvalue weighted by atomic mass is 35.5. The number of para-hydroxylation sites is 1. The van der Waals surface area contributed by atoms with Crippen LogP contribution < -0.4 is 5.43 Å². The van der Waals surface area contributed by atoms with Gasteiger partial charge >= 0.3 is 5.97 Å². The summed E-state index contributed by atoms with van der Waals surface area (Å²) in [5, 5.41) is 14.2. The van der Waals surface area contributed by atoms with Crippen molar-refractivity contribution in [3.05, 3.63) is 90.0 Å². The molecule has 1 N–H and O–H groups in total. The van der Waals surface area contributed by atoms with E-state index in [1.54, 1.807) is 31.2 Å². The molecule has 0 aliphatic heterocycles. The van der Waals surface area contributed by atoms with Crippen molar-refractivity contribution in [2.45, 2.75) is 12.1 Å². The number of hydrogen-bond acceptors (Lipinski definition) is 7. The third-order valence-electron chi connectivity index (χ3n) is 4.45. The summed E-state index contributed by atoms with van der Waals surface area (Å²) in [5.41, 5.74) is 5.31. The molecule has 0 saturated heterocycles. The minimum absolute atomic E-state index is 0.0935. The summed E-state index contributed by atoms with van der Waals surface area (Å²) < 4.78 is 7.10. The number of aromatic nitrogens is 3. The molecule has 4 rings (SSSR count). The Morgan fingerprint density at radius 1 is 1.00 bits per heavy atom. The van der Waals surface area contributed by atoms with Crippen molar-refractivity contribution in [3.8, 4) is 17.1 Å². The molecule has 1 heterocycles. The molecule has 33 heavy (non-hydrogen) atoms. The summed E-state index contributed by atoms with van der Waals surface area (Å²) in [6.45, 7) is 1.97. The standard InChI is InChI=1S/C24H20ClN5O2S/c1-2-32-23(31)22(28-26-19-15-13-18(25)14-16-19)33-24-29-27-21(17-9-5-3-6-10-17)30(24)20-11-7-4-8-12-20/h3-16,26H,2H2,1H3. The van der Waals surface area contributed by atoms with Gasteiger partial charge in [-0.05, 0) is 55.1 Å². The second kappa shape index (κ2) is 10.8. The largest absolute Gasteiger partial charge is 0.461 e. The van der Waals surface area contributed by atoms with Crippen molar-refractivity contribution >= 4 is 40.1 Å². The lowest BCUT2D eigenvalue weighted by atomic mass is 10.2. The zero-order valence-electron chi connectivity index (χ0n) is 17.7. The Hall–Kier alpha value is -3.62. The Balaban J connectivity index is 1.72. The molecular weight excluding hydrogens is 458 g/mol. The quantitative estimate of drug-likeness (QED) is 0.127. The maximum Gasteiger partial charge on any atom is 0.365 e. The molecule has 9 heteroatoms. The van der Waals surface area contributed by atoms with E-state index in [0.717, 1.165) is 23.0 Å². The molecule has 7 nitrogen and oxygen atoms in total. The number of hydrogen-bond donors (Lipinski definition) is 1. The van der Waals surface area contributed by atoms with E-state index in [9.17, 15) is 4.79 Å². The molecule has 3 aromatic carbocycles. The molecule has 1 aromatic heterocycles. The smallest absolute Gasteiger partial charge is 0.365 e. The number of thioether (sulfide) groups is 1. The Morgan fingerprint density at radius 2 is 1.67 bits per heavy atom. The highest BCUT2D eigenvalue weighted by Crippen LogP contribution is 2.29. The molecule has 0 fully saturated rings. The van der Waals surface area contributed by atoms with Crippen molar-refractivity contribution < 1.29 is 9.53 Å². The molecular formula is C24H20ClN5O2S. The molecule has 0 unspecified atom stereocenters. The van der Waals surface area contributed by atoms with Gasteiger partial charge in [0.1, 0.15) is 0 Å². The Bertz CT molecular complexity index is 1250. The summed E-state index contributed by atoms with van der Waals surface area (Å²) in [7, 11) is 0. The number of benzene rings is 3. The fourth-order valence-corrected chi connectivity index (χ4v) is 3.85. The predicted molar refractivity (Wildman–Crippen MR) is 132 cm³/mol. The van der Waals surface area contributed by atoms with E-state index < -0.39 is 5.97 Å². The van der Waals surface area contributed by atoms with Gasteiger partial charge in [-0.3, -0.25) is 9.99 Å². The Morgan fingerprint density at radius 3 is 2.33 bits per heavy atom. The maximum atomic E-state index is 12.7. The number of anilines is 1. The van der Waals surface area contributed by atoms with E-state index in [1.807, 2.05) is 65.2 Å². The van der Waals surface area contributed by atoms with Crippen LogP contribution in [0.15, 0.2) is 95.2 Å². The third kappa shape index (κ3) is 5.60. The molecule has 0 bridgehead atoms. The number of esters is 1. The second-order valence-electron chi connectivity index (χ2n) is 6.70. The fourth-order valence-electron chi connectivity index (χ4n) is 2.95. The molecule has 4 aromatic rings. The first-order valence-corrected chi connectivity index (χ1v) is 11.4. The minimum Gasteiger partial charge on any atom is -0.461 e. The van der Waals surface area contributed by atoms with Gasteiger partial charge in [0, 0.05) is 16.3 Å². The van der Waals surface area contributed by atoms with Gasteiger partial charge in [-0.2, -0.15) is 5.10 Å². The Labute approximate surface area is 200 Å². The lowest BCUT2D eigenvalue weighted by Crippen LogP contribution is -2.17. The molecule has 0 spiro atoms. The van der Waals surface area contributed by atoms with E-state index in [1.165, 1.54) is 0 Å². The number of nitrogens with one attached hydrogen (secondary N) is 1. The van der Waals surface area contributed by atoms with Gasteiger partial charge in [-0.1, -0.05) is 60.1 Å². The Kier molecular flexibility index (Phi) is 7.39. The van der Waals surface area contributed by atoms with Crippen LogP contribution in [0, 0.1) is 0 Å². The van der Waals surface area contributed by atoms with E-state index in [-0.39, 0.29) is 11.7 Å². The van der Waals surface area contributed by atoms with Crippen LogP contribution >= 0.6 is 23.4 Å². The van der Waals surface area contributed by atoms with E-state index in [0.29, 0.717) is 21.7 Å². The van der Waals surface area contributed by atoms with E-state index in [4.69, 9.17) is 16.3 Å². The van der Waals surface area contributed by atoms with Crippen molar-refractivity contribution in [1.29, 1.82) is 0 Å². The monoisotopic (exact) mass is 477 g/mol. The summed E-state index contributed by atoms with van der Waals surface area (Å²) in [4.78, 5) is 12.7. The van der Waals surface area contributed by atoms with Crippen LogP contribution in [-0.4, -0.2) is 32.4 Å². The number of rotatable bonds is 6. The predicted octanol–water partition coefficient (Wildman–Crippen LogP) is 5.67. The van der Waals surface area contributed by atoms with Gasteiger partial charge in [0.15, 0.2) is 5.82 Å². The van der Waals surface area contributed by atoms with Crippen molar-refractivity contribution in [2.75, 3.05) is 12.0 Å². The van der Waals surface area contributed by atoms with Crippen LogP contribution in [0.5, 0.6) is 0 Å². The minimum atomic E-state index is -0.562.